The topological polar surface area (TPSA) is 97.2 Å². The van der Waals surface area contributed by atoms with Crippen LogP contribution >= 0.6 is 0 Å². The smallest absolute Gasteiger partial charge is 0.295 e. The van der Waals surface area contributed by atoms with E-state index in [0.717, 1.165) is 17.8 Å². The number of aromatic nitrogens is 1. The fourth-order valence-electron chi connectivity index (χ4n) is 1.90. The van der Waals surface area contributed by atoms with Crippen LogP contribution in [-0.2, 0) is 11.3 Å². The van der Waals surface area contributed by atoms with Gasteiger partial charge in [0.1, 0.15) is 11.5 Å². The minimum Gasteiger partial charge on any atom is -0.379 e. The molecule has 1 aromatic heterocycles. The van der Waals surface area contributed by atoms with E-state index in [1.807, 2.05) is 6.07 Å². The Morgan fingerprint density at radius 2 is 2.13 bits per heavy atom. The van der Waals surface area contributed by atoms with Crippen molar-refractivity contribution < 1.29 is 14.1 Å². The molecule has 120 valence electrons. The molecule has 0 radical (unpaired) electrons. The second kappa shape index (κ2) is 7.83. The summed E-state index contributed by atoms with van der Waals surface area (Å²) in [5.41, 5.74) is 0.552. The first-order valence-electron chi connectivity index (χ1n) is 6.90. The van der Waals surface area contributed by atoms with Gasteiger partial charge < -0.3 is 10.6 Å². The van der Waals surface area contributed by atoms with E-state index in [1.165, 1.54) is 6.07 Å². The number of rotatable bonds is 7. The van der Waals surface area contributed by atoms with Gasteiger partial charge in [-0.1, -0.05) is 6.07 Å². The van der Waals surface area contributed by atoms with Crippen LogP contribution in [0.5, 0.6) is 0 Å². The number of hydrogen-bond acceptors (Lipinski definition) is 5. The maximum absolute atomic E-state index is 13.0. The molecule has 0 spiro atoms. The third-order valence-electron chi connectivity index (χ3n) is 3.02. The van der Waals surface area contributed by atoms with Crippen LogP contribution in [0.2, 0.25) is 0 Å². The number of halogens is 1. The monoisotopic (exact) mass is 318 g/mol. The summed E-state index contributed by atoms with van der Waals surface area (Å²) in [7, 11) is 0. The van der Waals surface area contributed by atoms with Gasteiger partial charge in [0.05, 0.1) is 23.2 Å². The number of nitrogens with zero attached hydrogens (tertiary/aromatic N) is 2. The first-order valence-corrected chi connectivity index (χ1v) is 6.90. The standard InChI is InChI=1S/C15H15FN4O3/c16-11-4-5-13(14(9-11)20(22)23)18-8-6-15(21)19-10-12-3-1-2-7-17-12/h1-5,7,9,18H,6,8,10H2,(H,19,21). The summed E-state index contributed by atoms with van der Waals surface area (Å²) in [4.78, 5) is 26.0. The predicted molar refractivity (Wildman–Crippen MR) is 82.2 cm³/mol. The summed E-state index contributed by atoms with van der Waals surface area (Å²) in [6, 6.07) is 8.63. The van der Waals surface area contributed by atoms with Crippen molar-refractivity contribution in [2.45, 2.75) is 13.0 Å². The molecular formula is C15H15FN4O3. The molecule has 0 bridgehead atoms. The van der Waals surface area contributed by atoms with Crippen molar-refractivity contribution in [1.82, 2.24) is 10.3 Å². The van der Waals surface area contributed by atoms with Crippen molar-refractivity contribution in [3.8, 4) is 0 Å². The zero-order valence-corrected chi connectivity index (χ0v) is 12.2. The lowest BCUT2D eigenvalue weighted by atomic mass is 10.2. The summed E-state index contributed by atoms with van der Waals surface area (Å²) in [5, 5.41) is 16.3. The molecule has 0 atom stereocenters. The Balaban J connectivity index is 1.81. The van der Waals surface area contributed by atoms with E-state index in [9.17, 15) is 19.3 Å². The molecule has 0 fully saturated rings. The number of anilines is 1. The van der Waals surface area contributed by atoms with Crippen LogP contribution in [0, 0.1) is 15.9 Å². The lowest BCUT2D eigenvalue weighted by Crippen LogP contribution is -2.25. The van der Waals surface area contributed by atoms with E-state index in [0.29, 0.717) is 6.54 Å². The Bertz CT molecular complexity index is 694. The third kappa shape index (κ3) is 5.03. The molecule has 0 aliphatic rings. The van der Waals surface area contributed by atoms with Crippen molar-refractivity contribution in [1.29, 1.82) is 0 Å². The van der Waals surface area contributed by atoms with Gasteiger partial charge in [0.2, 0.25) is 5.91 Å². The first-order chi connectivity index (χ1) is 11.1. The average molecular weight is 318 g/mol. The van der Waals surface area contributed by atoms with Gasteiger partial charge in [-0.05, 0) is 24.3 Å². The van der Waals surface area contributed by atoms with E-state index >= 15 is 0 Å². The highest BCUT2D eigenvalue weighted by Gasteiger charge is 2.14. The van der Waals surface area contributed by atoms with Crippen LogP contribution in [0.3, 0.4) is 0 Å². The summed E-state index contributed by atoms with van der Waals surface area (Å²) >= 11 is 0. The van der Waals surface area contributed by atoms with Gasteiger partial charge in [0.25, 0.3) is 5.69 Å². The second-order valence-electron chi connectivity index (χ2n) is 4.69. The number of pyridine rings is 1. The van der Waals surface area contributed by atoms with Gasteiger partial charge in [-0.15, -0.1) is 0 Å². The second-order valence-corrected chi connectivity index (χ2v) is 4.69. The van der Waals surface area contributed by atoms with Crippen LogP contribution in [0.25, 0.3) is 0 Å². The van der Waals surface area contributed by atoms with Gasteiger partial charge in [0.15, 0.2) is 0 Å². The normalized spacial score (nSPS) is 10.1. The Morgan fingerprint density at radius 3 is 2.83 bits per heavy atom. The van der Waals surface area contributed by atoms with Crippen LogP contribution in [0.1, 0.15) is 12.1 Å². The summed E-state index contributed by atoms with van der Waals surface area (Å²) in [5.74, 6) is -0.900. The molecule has 2 N–H and O–H groups in total. The summed E-state index contributed by atoms with van der Waals surface area (Å²) in [6.07, 6.45) is 1.76. The molecule has 23 heavy (non-hydrogen) atoms. The number of nitro groups is 1. The van der Waals surface area contributed by atoms with E-state index in [-0.39, 0.29) is 30.2 Å². The SMILES string of the molecule is O=C(CCNc1ccc(F)cc1[N+](=O)[O-])NCc1ccccn1. The van der Waals surface area contributed by atoms with Crippen molar-refractivity contribution in [3.05, 3.63) is 64.2 Å². The molecule has 2 rings (SSSR count). The highest BCUT2D eigenvalue weighted by Crippen LogP contribution is 2.24. The molecule has 8 heteroatoms. The average Bonchev–Trinajstić information content (AvgIpc) is 2.55. The Labute approximate surface area is 131 Å². The third-order valence-corrected chi connectivity index (χ3v) is 3.02. The van der Waals surface area contributed by atoms with Crippen LogP contribution < -0.4 is 10.6 Å². The molecule has 0 saturated heterocycles. The number of hydrogen-bond donors (Lipinski definition) is 2. The van der Waals surface area contributed by atoms with Crippen LogP contribution in [-0.4, -0.2) is 22.4 Å². The van der Waals surface area contributed by atoms with Gasteiger partial charge in [-0.2, -0.15) is 0 Å². The molecule has 0 aliphatic heterocycles. The zero-order valence-electron chi connectivity index (χ0n) is 12.2. The molecule has 0 unspecified atom stereocenters. The molecule has 1 amide bonds. The maximum Gasteiger partial charge on any atom is 0.295 e. The van der Waals surface area contributed by atoms with E-state index in [1.54, 1.807) is 18.3 Å². The highest BCUT2D eigenvalue weighted by atomic mass is 19.1. The molecular weight excluding hydrogens is 303 g/mol. The Hall–Kier alpha value is -3.03. The Morgan fingerprint density at radius 1 is 1.30 bits per heavy atom. The molecule has 0 saturated carbocycles. The van der Waals surface area contributed by atoms with Crippen molar-refractivity contribution >= 4 is 17.3 Å². The van der Waals surface area contributed by atoms with Gasteiger partial charge in [0, 0.05) is 19.2 Å². The van der Waals surface area contributed by atoms with E-state index in [4.69, 9.17) is 0 Å². The number of amides is 1. The fourth-order valence-corrected chi connectivity index (χ4v) is 1.90. The number of nitro benzene ring substituents is 1. The number of benzene rings is 1. The number of carbonyl (C=O) groups excluding carboxylic acids is 1. The van der Waals surface area contributed by atoms with Gasteiger partial charge in [-0.3, -0.25) is 19.9 Å². The van der Waals surface area contributed by atoms with Crippen molar-refractivity contribution in [2.75, 3.05) is 11.9 Å². The fraction of sp³-hybridized carbons (Fsp3) is 0.200. The number of carbonyl (C=O) groups is 1. The quantitative estimate of drug-likeness (QED) is 0.603. The minimum absolute atomic E-state index is 0.126. The lowest BCUT2D eigenvalue weighted by molar-refractivity contribution is -0.384. The lowest BCUT2D eigenvalue weighted by Gasteiger charge is -2.08. The summed E-state index contributed by atoms with van der Waals surface area (Å²) in [6.45, 7) is 0.511. The minimum atomic E-state index is -0.685. The molecule has 2 aromatic rings. The molecule has 0 aliphatic carbocycles. The Kier molecular flexibility index (Phi) is 5.56. The predicted octanol–water partition coefficient (Wildman–Crippen LogP) is 2.25. The molecule has 1 heterocycles. The number of nitrogens with one attached hydrogen (secondary N) is 2. The van der Waals surface area contributed by atoms with Crippen molar-refractivity contribution in [3.63, 3.8) is 0 Å². The largest absolute Gasteiger partial charge is 0.379 e. The maximum atomic E-state index is 13.0. The summed E-state index contributed by atoms with van der Waals surface area (Å²) < 4.78 is 13.0. The van der Waals surface area contributed by atoms with Crippen LogP contribution in [0.15, 0.2) is 42.6 Å². The molecule has 1 aromatic carbocycles. The zero-order chi connectivity index (χ0) is 16.7. The molecule has 7 nitrogen and oxygen atoms in total. The van der Waals surface area contributed by atoms with Crippen LogP contribution in [0.4, 0.5) is 15.8 Å². The van der Waals surface area contributed by atoms with Gasteiger partial charge in [-0.25, -0.2) is 4.39 Å². The highest BCUT2D eigenvalue weighted by molar-refractivity contribution is 5.76. The van der Waals surface area contributed by atoms with E-state index in [2.05, 4.69) is 15.6 Å². The van der Waals surface area contributed by atoms with Gasteiger partial charge >= 0.3 is 0 Å². The van der Waals surface area contributed by atoms with Crippen molar-refractivity contribution in [2.24, 2.45) is 0 Å². The van der Waals surface area contributed by atoms with E-state index < -0.39 is 10.7 Å². The first kappa shape index (κ1) is 16.3.